The number of benzene rings is 1. The molecule has 0 bridgehead atoms. The Bertz CT molecular complexity index is 863. The maximum Gasteiger partial charge on any atom is 0.289 e. The summed E-state index contributed by atoms with van der Waals surface area (Å²) in [5, 5.41) is 13.2. The van der Waals surface area contributed by atoms with Crippen LogP contribution in [0.25, 0.3) is 0 Å². The third-order valence-electron chi connectivity index (χ3n) is 4.83. The van der Waals surface area contributed by atoms with Crippen molar-refractivity contribution < 1.29 is 32.2 Å². The predicted octanol–water partition coefficient (Wildman–Crippen LogP) is 3.55. The minimum Gasteiger partial charge on any atom is -0.432 e. The average Bonchev–Trinajstić information content (AvgIpc) is 3.05. The lowest BCUT2D eigenvalue weighted by Gasteiger charge is -2.28. The van der Waals surface area contributed by atoms with Crippen molar-refractivity contribution in [3.63, 3.8) is 0 Å². The van der Waals surface area contributed by atoms with Gasteiger partial charge in [-0.15, -0.1) is 0 Å². The van der Waals surface area contributed by atoms with Crippen molar-refractivity contribution in [3.8, 4) is 0 Å². The van der Waals surface area contributed by atoms with Gasteiger partial charge in [-0.1, -0.05) is 18.2 Å². The van der Waals surface area contributed by atoms with E-state index < -0.39 is 35.4 Å². The standard InChI is InChI=1S/C19H21F3N2O4/c1-10(12-4-3-5-13(14(12)20)16(21)22)23-17(25)15-11(2)24-18(28-15)19(26)6-8-27-9-7-19/h3-5,10,16,26H,6-9H2,1-2H3,(H,23,25)/t10-/m1/s1. The molecule has 0 unspecified atom stereocenters. The summed E-state index contributed by atoms with van der Waals surface area (Å²) in [5.41, 5.74) is -1.84. The molecule has 2 N–H and O–H groups in total. The molecule has 0 radical (unpaired) electrons. The van der Waals surface area contributed by atoms with Gasteiger partial charge in [0.1, 0.15) is 11.4 Å². The van der Waals surface area contributed by atoms with Crippen LogP contribution in [-0.2, 0) is 10.3 Å². The van der Waals surface area contributed by atoms with E-state index in [-0.39, 0.29) is 35.7 Å². The predicted molar refractivity (Wildman–Crippen MR) is 92.4 cm³/mol. The van der Waals surface area contributed by atoms with Crippen molar-refractivity contribution in [2.75, 3.05) is 13.2 Å². The van der Waals surface area contributed by atoms with Gasteiger partial charge in [0.05, 0.1) is 17.3 Å². The zero-order chi connectivity index (χ0) is 20.5. The van der Waals surface area contributed by atoms with E-state index in [9.17, 15) is 23.1 Å². The molecule has 0 spiro atoms. The maximum absolute atomic E-state index is 14.3. The van der Waals surface area contributed by atoms with Crippen LogP contribution in [0, 0.1) is 12.7 Å². The zero-order valence-electron chi connectivity index (χ0n) is 15.5. The summed E-state index contributed by atoms with van der Waals surface area (Å²) in [6.07, 6.45) is -2.38. The molecule has 1 fully saturated rings. The first-order valence-electron chi connectivity index (χ1n) is 8.88. The molecule has 2 heterocycles. The molecule has 1 aromatic carbocycles. The van der Waals surface area contributed by atoms with Crippen LogP contribution in [0.3, 0.4) is 0 Å². The van der Waals surface area contributed by atoms with Gasteiger partial charge in [0.2, 0.25) is 11.7 Å². The lowest BCUT2D eigenvalue weighted by atomic mass is 9.94. The third-order valence-corrected chi connectivity index (χ3v) is 4.83. The van der Waals surface area contributed by atoms with Gasteiger partial charge in [0, 0.05) is 31.6 Å². The summed E-state index contributed by atoms with van der Waals surface area (Å²) >= 11 is 0. The largest absolute Gasteiger partial charge is 0.432 e. The smallest absolute Gasteiger partial charge is 0.289 e. The number of ether oxygens (including phenoxy) is 1. The van der Waals surface area contributed by atoms with Gasteiger partial charge in [0.15, 0.2) is 0 Å². The minimum absolute atomic E-state index is 0.0250. The second-order valence-corrected chi connectivity index (χ2v) is 6.82. The molecular formula is C19H21F3N2O4. The maximum atomic E-state index is 14.3. The number of rotatable bonds is 5. The molecule has 6 nitrogen and oxygen atoms in total. The molecule has 3 rings (SSSR count). The van der Waals surface area contributed by atoms with Crippen molar-refractivity contribution >= 4 is 5.91 Å². The van der Waals surface area contributed by atoms with E-state index in [2.05, 4.69) is 10.3 Å². The lowest BCUT2D eigenvalue weighted by molar-refractivity contribution is -0.0835. The quantitative estimate of drug-likeness (QED) is 0.805. The molecule has 1 atom stereocenters. The summed E-state index contributed by atoms with van der Waals surface area (Å²) < 4.78 is 50.8. The van der Waals surface area contributed by atoms with Crippen molar-refractivity contribution in [1.82, 2.24) is 10.3 Å². The molecule has 0 aliphatic carbocycles. The van der Waals surface area contributed by atoms with E-state index in [1.54, 1.807) is 6.92 Å². The lowest BCUT2D eigenvalue weighted by Crippen LogP contribution is -2.33. The molecule has 1 aliphatic rings. The molecule has 28 heavy (non-hydrogen) atoms. The molecule has 9 heteroatoms. The summed E-state index contributed by atoms with van der Waals surface area (Å²) in [7, 11) is 0. The summed E-state index contributed by atoms with van der Waals surface area (Å²) in [6.45, 7) is 3.71. The van der Waals surface area contributed by atoms with Crippen LogP contribution >= 0.6 is 0 Å². The molecule has 2 aromatic rings. The number of alkyl halides is 2. The van der Waals surface area contributed by atoms with Crippen LogP contribution in [0.5, 0.6) is 0 Å². The topological polar surface area (TPSA) is 84.6 Å². The van der Waals surface area contributed by atoms with Crippen molar-refractivity contribution in [2.45, 2.75) is 44.8 Å². The van der Waals surface area contributed by atoms with E-state index in [1.807, 2.05) is 0 Å². The van der Waals surface area contributed by atoms with Crippen LogP contribution < -0.4 is 5.32 Å². The Hall–Kier alpha value is -2.39. The second kappa shape index (κ2) is 7.92. The minimum atomic E-state index is -2.96. The highest BCUT2D eigenvalue weighted by Gasteiger charge is 2.38. The van der Waals surface area contributed by atoms with Gasteiger partial charge in [-0.3, -0.25) is 4.79 Å². The van der Waals surface area contributed by atoms with E-state index >= 15 is 0 Å². The number of aryl methyl sites for hydroxylation is 1. The van der Waals surface area contributed by atoms with Gasteiger partial charge < -0.3 is 19.6 Å². The molecule has 1 saturated heterocycles. The van der Waals surface area contributed by atoms with Crippen LogP contribution in [0.4, 0.5) is 13.2 Å². The first-order chi connectivity index (χ1) is 13.2. The number of aliphatic hydroxyl groups is 1. The fraction of sp³-hybridized carbons (Fsp3) is 0.474. The first-order valence-corrected chi connectivity index (χ1v) is 8.88. The number of nitrogens with one attached hydrogen (secondary N) is 1. The van der Waals surface area contributed by atoms with Crippen molar-refractivity contribution in [2.24, 2.45) is 0 Å². The summed E-state index contributed by atoms with van der Waals surface area (Å²) in [6, 6.07) is 2.75. The first kappa shape index (κ1) is 20.3. The number of carbonyl (C=O) groups is 1. The number of oxazole rings is 1. The highest BCUT2D eigenvalue weighted by molar-refractivity contribution is 5.92. The Morgan fingerprint density at radius 2 is 1.93 bits per heavy atom. The molecule has 1 amide bonds. The number of carbonyl (C=O) groups excluding carboxylic acids is 1. The highest BCUT2D eigenvalue weighted by Crippen LogP contribution is 2.33. The van der Waals surface area contributed by atoms with Crippen molar-refractivity contribution in [1.29, 1.82) is 0 Å². The van der Waals surface area contributed by atoms with Crippen LogP contribution in [0.2, 0.25) is 0 Å². The Balaban J connectivity index is 1.79. The average molecular weight is 398 g/mol. The van der Waals surface area contributed by atoms with Crippen LogP contribution in [0.1, 0.15) is 65.5 Å². The number of nitrogens with zero attached hydrogens (tertiary/aromatic N) is 1. The number of aromatic nitrogens is 1. The van der Waals surface area contributed by atoms with Gasteiger partial charge in [-0.2, -0.15) is 0 Å². The Labute approximate surface area is 159 Å². The Kier molecular flexibility index (Phi) is 5.76. The highest BCUT2D eigenvalue weighted by atomic mass is 19.3. The number of halogens is 3. The van der Waals surface area contributed by atoms with Gasteiger partial charge in [-0.25, -0.2) is 18.2 Å². The number of hydrogen-bond acceptors (Lipinski definition) is 5. The summed E-state index contributed by atoms with van der Waals surface area (Å²) in [4.78, 5) is 16.7. The Morgan fingerprint density at radius 1 is 1.29 bits per heavy atom. The Morgan fingerprint density at radius 3 is 2.57 bits per heavy atom. The van der Waals surface area contributed by atoms with Crippen molar-refractivity contribution in [3.05, 3.63) is 52.5 Å². The number of amides is 1. The fourth-order valence-electron chi connectivity index (χ4n) is 3.14. The van der Waals surface area contributed by atoms with Gasteiger partial charge >= 0.3 is 0 Å². The van der Waals surface area contributed by atoms with E-state index in [1.165, 1.54) is 19.1 Å². The van der Waals surface area contributed by atoms with Gasteiger partial charge in [0.25, 0.3) is 12.3 Å². The van der Waals surface area contributed by atoms with Crippen LogP contribution in [0.15, 0.2) is 22.6 Å². The SMILES string of the molecule is Cc1nc(C2(O)CCOCC2)oc1C(=O)N[C@H](C)c1cccc(C(F)F)c1F. The molecule has 1 aromatic heterocycles. The zero-order valence-corrected chi connectivity index (χ0v) is 15.5. The van der Waals surface area contributed by atoms with Gasteiger partial charge in [-0.05, 0) is 13.8 Å². The molecular weight excluding hydrogens is 377 g/mol. The van der Waals surface area contributed by atoms with E-state index in [0.717, 1.165) is 6.07 Å². The van der Waals surface area contributed by atoms with E-state index in [4.69, 9.17) is 9.15 Å². The summed E-state index contributed by atoms with van der Waals surface area (Å²) in [5.74, 6) is -1.83. The van der Waals surface area contributed by atoms with Crippen LogP contribution in [-0.4, -0.2) is 29.2 Å². The number of hydrogen-bond donors (Lipinski definition) is 2. The normalized spacial score (nSPS) is 17.5. The molecule has 1 aliphatic heterocycles. The molecule has 0 saturated carbocycles. The van der Waals surface area contributed by atoms with E-state index in [0.29, 0.717) is 13.2 Å². The molecule has 152 valence electrons. The fourth-order valence-corrected chi connectivity index (χ4v) is 3.14. The monoisotopic (exact) mass is 398 g/mol. The second-order valence-electron chi connectivity index (χ2n) is 6.82. The third kappa shape index (κ3) is 3.90.